The third kappa shape index (κ3) is 5.30. The maximum absolute atomic E-state index is 13.0. The van der Waals surface area contributed by atoms with E-state index in [2.05, 4.69) is 5.32 Å². The third-order valence-corrected chi connectivity index (χ3v) is 5.59. The van der Waals surface area contributed by atoms with Crippen LogP contribution in [0, 0.1) is 11.7 Å². The monoisotopic (exact) mass is 389 g/mol. The first-order chi connectivity index (χ1) is 13.5. The molecule has 2 aliphatic heterocycles. The molecule has 0 saturated carbocycles. The topological polar surface area (TPSA) is 69.7 Å². The molecule has 1 aromatic carbocycles. The maximum Gasteiger partial charge on any atom is 0.253 e. The molecule has 1 aromatic rings. The average Bonchev–Trinajstić information content (AvgIpc) is 2.74. The first kappa shape index (κ1) is 20.3. The van der Waals surface area contributed by atoms with Gasteiger partial charge in [0.15, 0.2) is 0 Å². The molecule has 28 heavy (non-hydrogen) atoms. The smallest absolute Gasteiger partial charge is 0.253 e. The highest BCUT2D eigenvalue weighted by molar-refractivity contribution is 5.94. The van der Waals surface area contributed by atoms with Crippen LogP contribution in [0.5, 0.6) is 0 Å². The summed E-state index contributed by atoms with van der Waals surface area (Å²) in [5.74, 6) is -0.570. The molecule has 7 heteroatoms. The fourth-order valence-electron chi connectivity index (χ4n) is 3.86. The first-order valence-electron chi connectivity index (χ1n) is 10.1. The summed E-state index contributed by atoms with van der Waals surface area (Å²) in [4.78, 5) is 40.5. The number of halogens is 1. The Bertz CT molecular complexity index is 693. The lowest BCUT2D eigenvalue weighted by atomic mass is 9.95. The van der Waals surface area contributed by atoms with Gasteiger partial charge in [-0.25, -0.2) is 4.39 Å². The normalized spacial score (nSPS) is 18.0. The van der Waals surface area contributed by atoms with Gasteiger partial charge in [-0.15, -0.1) is 0 Å². The summed E-state index contributed by atoms with van der Waals surface area (Å²) in [6.45, 7) is 3.02. The predicted octanol–water partition coefficient (Wildman–Crippen LogP) is 2.20. The van der Waals surface area contributed by atoms with Crippen LogP contribution < -0.4 is 5.32 Å². The van der Waals surface area contributed by atoms with Gasteiger partial charge in [0.1, 0.15) is 5.82 Å². The summed E-state index contributed by atoms with van der Waals surface area (Å²) >= 11 is 0. The number of benzene rings is 1. The lowest BCUT2D eigenvalue weighted by Gasteiger charge is -2.31. The Morgan fingerprint density at radius 1 is 0.929 bits per heavy atom. The van der Waals surface area contributed by atoms with E-state index in [-0.39, 0.29) is 29.5 Å². The third-order valence-electron chi connectivity index (χ3n) is 5.59. The van der Waals surface area contributed by atoms with Crippen LogP contribution >= 0.6 is 0 Å². The van der Waals surface area contributed by atoms with Crippen LogP contribution in [0.25, 0.3) is 0 Å². The zero-order valence-electron chi connectivity index (χ0n) is 16.2. The molecule has 0 bridgehead atoms. The predicted molar refractivity (Wildman–Crippen MR) is 103 cm³/mol. The zero-order valence-corrected chi connectivity index (χ0v) is 16.2. The van der Waals surface area contributed by atoms with Gasteiger partial charge in [-0.2, -0.15) is 0 Å². The minimum atomic E-state index is -0.370. The van der Waals surface area contributed by atoms with Crippen molar-refractivity contribution in [3.05, 3.63) is 35.6 Å². The van der Waals surface area contributed by atoms with Gasteiger partial charge in [0.2, 0.25) is 11.8 Å². The summed E-state index contributed by atoms with van der Waals surface area (Å²) in [5.41, 5.74) is 0.459. The molecular weight excluding hydrogens is 361 g/mol. The van der Waals surface area contributed by atoms with E-state index in [1.807, 2.05) is 4.90 Å². The molecule has 2 fully saturated rings. The van der Waals surface area contributed by atoms with Gasteiger partial charge in [-0.05, 0) is 56.4 Å². The van der Waals surface area contributed by atoms with Gasteiger partial charge in [0.25, 0.3) is 5.91 Å². The average molecular weight is 389 g/mol. The number of hydrogen-bond donors (Lipinski definition) is 1. The fourth-order valence-corrected chi connectivity index (χ4v) is 3.86. The molecule has 6 nitrogen and oxygen atoms in total. The Morgan fingerprint density at radius 3 is 2.21 bits per heavy atom. The Hall–Kier alpha value is -2.44. The van der Waals surface area contributed by atoms with Crippen LogP contribution in [0.4, 0.5) is 4.39 Å². The Morgan fingerprint density at radius 2 is 1.57 bits per heavy atom. The quantitative estimate of drug-likeness (QED) is 0.839. The minimum absolute atomic E-state index is 0.0414. The number of piperidine rings is 2. The molecule has 1 N–H and O–H groups in total. The minimum Gasteiger partial charge on any atom is -0.355 e. The van der Waals surface area contributed by atoms with Crippen molar-refractivity contribution in [2.45, 2.75) is 38.5 Å². The lowest BCUT2D eigenvalue weighted by molar-refractivity contribution is -0.132. The second kappa shape index (κ2) is 9.66. The number of hydrogen-bond acceptors (Lipinski definition) is 3. The Kier molecular flexibility index (Phi) is 7.01. The van der Waals surface area contributed by atoms with Crippen LogP contribution in [0.2, 0.25) is 0 Å². The van der Waals surface area contributed by atoms with Gasteiger partial charge in [-0.1, -0.05) is 0 Å². The number of nitrogens with zero attached hydrogens (tertiary/aromatic N) is 2. The molecule has 2 saturated heterocycles. The van der Waals surface area contributed by atoms with E-state index in [1.54, 1.807) is 4.90 Å². The lowest BCUT2D eigenvalue weighted by Crippen LogP contribution is -2.44. The van der Waals surface area contributed by atoms with E-state index >= 15 is 0 Å². The maximum atomic E-state index is 13.0. The summed E-state index contributed by atoms with van der Waals surface area (Å²) in [5, 5.41) is 2.87. The number of amides is 3. The van der Waals surface area contributed by atoms with E-state index in [4.69, 9.17) is 0 Å². The van der Waals surface area contributed by atoms with Gasteiger partial charge < -0.3 is 15.1 Å². The second-order valence-corrected chi connectivity index (χ2v) is 7.56. The molecule has 0 atom stereocenters. The first-order valence-corrected chi connectivity index (χ1v) is 10.1. The van der Waals surface area contributed by atoms with Crippen LogP contribution in [0.3, 0.4) is 0 Å². The molecule has 0 unspecified atom stereocenters. The zero-order chi connectivity index (χ0) is 19.9. The summed E-state index contributed by atoms with van der Waals surface area (Å²) < 4.78 is 13.0. The van der Waals surface area contributed by atoms with E-state index in [0.717, 1.165) is 25.9 Å². The SMILES string of the molecule is O=C(NCCC(=O)N1CCCCC1)C1CCN(C(=O)c2ccc(F)cc2)CC1. The number of carbonyl (C=O) groups excluding carboxylic acids is 3. The van der Waals surface area contributed by atoms with E-state index < -0.39 is 0 Å². The van der Waals surface area contributed by atoms with Crippen LogP contribution in [-0.2, 0) is 9.59 Å². The van der Waals surface area contributed by atoms with Crippen molar-refractivity contribution in [3.8, 4) is 0 Å². The highest BCUT2D eigenvalue weighted by Crippen LogP contribution is 2.19. The number of likely N-dealkylation sites (tertiary alicyclic amines) is 2. The molecule has 3 rings (SSSR count). The molecule has 0 aliphatic carbocycles. The highest BCUT2D eigenvalue weighted by Gasteiger charge is 2.28. The molecular formula is C21H28FN3O3. The van der Waals surface area contributed by atoms with Crippen molar-refractivity contribution >= 4 is 17.7 Å². The van der Waals surface area contributed by atoms with E-state index in [9.17, 15) is 18.8 Å². The number of rotatable bonds is 5. The van der Waals surface area contributed by atoms with Crippen molar-refractivity contribution in [2.75, 3.05) is 32.7 Å². The van der Waals surface area contributed by atoms with Crippen molar-refractivity contribution in [3.63, 3.8) is 0 Å². The van der Waals surface area contributed by atoms with E-state index in [0.29, 0.717) is 44.5 Å². The standard InChI is InChI=1S/C21H28FN3O3/c22-18-6-4-17(5-7-18)21(28)25-14-9-16(10-15-25)20(27)23-11-8-19(26)24-12-2-1-3-13-24/h4-7,16H,1-3,8-15H2,(H,23,27). The molecule has 2 heterocycles. The molecule has 2 aliphatic rings. The van der Waals surface area contributed by atoms with Gasteiger partial charge >= 0.3 is 0 Å². The number of nitrogens with one attached hydrogen (secondary N) is 1. The Balaban J connectivity index is 1.38. The van der Waals surface area contributed by atoms with Crippen LogP contribution in [0.1, 0.15) is 48.9 Å². The van der Waals surface area contributed by atoms with Gasteiger partial charge in [0, 0.05) is 50.6 Å². The summed E-state index contributed by atoms with van der Waals surface area (Å²) in [6, 6.07) is 5.52. The second-order valence-electron chi connectivity index (χ2n) is 7.56. The summed E-state index contributed by atoms with van der Waals surface area (Å²) in [6.07, 6.45) is 4.84. The van der Waals surface area contributed by atoms with Crippen molar-refractivity contribution in [2.24, 2.45) is 5.92 Å². The largest absolute Gasteiger partial charge is 0.355 e. The molecule has 3 amide bonds. The number of carbonyl (C=O) groups is 3. The summed E-state index contributed by atoms with van der Waals surface area (Å²) in [7, 11) is 0. The van der Waals surface area contributed by atoms with Gasteiger partial charge in [0.05, 0.1) is 0 Å². The fraction of sp³-hybridized carbons (Fsp3) is 0.571. The van der Waals surface area contributed by atoms with Crippen molar-refractivity contribution in [1.82, 2.24) is 15.1 Å². The van der Waals surface area contributed by atoms with Crippen molar-refractivity contribution in [1.29, 1.82) is 0 Å². The highest BCUT2D eigenvalue weighted by atomic mass is 19.1. The molecule has 0 radical (unpaired) electrons. The van der Waals surface area contributed by atoms with Crippen molar-refractivity contribution < 1.29 is 18.8 Å². The van der Waals surface area contributed by atoms with Gasteiger partial charge in [-0.3, -0.25) is 14.4 Å². The van der Waals surface area contributed by atoms with Crippen LogP contribution in [0.15, 0.2) is 24.3 Å². The van der Waals surface area contributed by atoms with Crippen LogP contribution in [-0.4, -0.2) is 60.2 Å². The Labute approximate surface area is 165 Å². The molecule has 152 valence electrons. The molecule has 0 aromatic heterocycles. The van der Waals surface area contributed by atoms with E-state index in [1.165, 1.54) is 30.7 Å². The molecule has 0 spiro atoms.